The Labute approximate surface area is 118 Å². The van der Waals surface area contributed by atoms with Crippen molar-refractivity contribution in [2.45, 2.75) is 20.8 Å². The van der Waals surface area contributed by atoms with Crippen molar-refractivity contribution in [2.75, 3.05) is 6.61 Å². The molecule has 2 rings (SSSR count). The molecular formula is C16H18N2O2. The van der Waals surface area contributed by atoms with Crippen LogP contribution in [0, 0.1) is 20.8 Å². The minimum Gasteiger partial charge on any atom is -0.458 e. The normalized spacial score (nSPS) is 10.3. The summed E-state index contributed by atoms with van der Waals surface area (Å²) in [6.07, 6.45) is 1.55. The summed E-state index contributed by atoms with van der Waals surface area (Å²) in [7, 11) is 0. The minimum atomic E-state index is -0.356. The first kappa shape index (κ1) is 14.1. The van der Waals surface area contributed by atoms with Crippen molar-refractivity contribution in [3.63, 3.8) is 0 Å². The van der Waals surface area contributed by atoms with Gasteiger partial charge in [-0.1, -0.05) is 18.7 Å². The molecule has 1 heterocycles. The van der Waals surface area contributed by atoms with Crippen LogP contribution in [-0.4, -0.2) is 22.4 Å². The molecule has 0 saturated carbocycles. The predicted molar refractivity (Wildman–Crippen MR) is 78.3 cm³/mol. The first-order chi connectivity index (χ1) is 9.54. The lowest BCUT2D eigenvalue weighted by molar-refractivity contribution is 0.0549. The van der Waals surface area contributed by atoms with E-state index >= 15 is 0 Å². The highest BCUT2D eigenvalue weighted by Gasteiger charge is 2.12. The molecule has 20 heavy (non-hydrogen) atoms. The minimum absolute atomic E-state index is 0.210. The van der Waals surface area contributed by atoms with E-state index in [0.29, 0.717) is 5.56 Å². The zero-order valence-corrected chi connectivity index (χ0v) is 12.0. The number of ether oxygens (including phenoxy) is 1. The summed E-state index contributed by atoms with van der Waals surface area (Å²) in [4.78, 5) is 11.8. The highest BCUT2D eigenvalue weighted by atomic mass is 16.5. The number of rotatable bonds is 4. The van der Waals surface area contributed by atoms with Crippen molar-refractivity contribution >= 4 is 5.97 Å². The number of hydrogen-bond donors (Lipinski definition) is 0. The summed E-state index contributed by atoms with van der Waals surface area (Å²) in [6.45, 7) is 9.76. The van der Waals surface area contributed by atoms with Gasteiger partial charge in [-0.3, -0.25) is 0 Å². The number of benzene rings is 1. The molecule has 0 bridgehead atoms. The Morgan fingerprint density at radius 3 is 2.75 bits per heavy atom. The van der Waals surface area contributed by atoms with Gasteiger partial charge in [-0.15, -0.1) is 0 Å². The monoisotopic (exact) mass is 270 g/mol. The molecule has 0 spiro atoms. The Bertz CT molecular complexity index is 656. The second kappa shape index (κ2) is 5.74. The number of aromatic nitrogens is 2. The van der Waals surface area contributed by atoms with E-state index in [1.165, 1.54) is 0 Å². The average molecular weight is 270 g/mol. The maximum Gasteiger partial charge on any atom is 0.338 e. The maximum atomic E-state index is 11.8. The van der Waals surface area contributed by atoms with Gasteiger partial charge in [0, 0.05) is 5.69 Å². The number of carbonyl (C=O) groups excluding carboxylic acids is 1. The molecule has 1 aromatic carbocycles. The molecule has 104 valence electrons. The highest BCUT2D eigenvalue weighted by molar-refractivity contribution is 5.90. The number of nitrogens with zero attached hydrogens (tertiary/aromatic N) is 2. The van der Waals surface area contributed by atoms with E-state index in [4.69, 9.17) is 4.74 Å². The number of aryl methyl sites for hydroxylation is 1. The van der Waals surface area contributed by atoms with Gasteiger partial charge in [0.15, 0.2) is 0 Å². The SMILES string of the molecule is C=CCOC(=O)c1cccc(-n2nc(C)c(C)c2C)c1. The molecule has 0 unspecified atom stereocenters. The number of hydrogen-bond acceptors (Lipinski definition) is 3. The topological polar surface area (TPSA) is 44.1 Å². The lowest BCUT2D eigenvalue weighted by atomic mass is 10.2. The molecule has 0 amide bonds. The van der Waals surface area contributed by atoms with Crippen LogP contribution in [0.5, 0.6) is 0 Å². The molecule has 0 saturated heterocycles. The lowest BCUT2D eigenvalue weighted by Crippen LogP contribution is -2.07. The van der Waals surface area contributed by atoms with E-state index in [1.807, 2.05) is 37.6 Å². The van der Waals surface area contributed by atoms with Crippen LogP contribution in [0.3, 0.4) is 0 Å². The van der Waals surface area contributed by atoms with Crippen LogP contribution in [-0.2, 0) is 4.74 Å². The first-order valence-corrected chi connectivity index (χ1v) is 6.46. The van der Waals surface area contributed by atoms with E-state index in [1.54, 1.807) is 18.2 Å². The van der Waals surface area contributed by atoms with Crippen molar-refractivity contribution in [2.24, 2.45) is 0 Å². The number of esters is 1. The Hall–Kier alpha value is -2.36. The predicted octanol–water partition coefficient (Wildman–Crippen LogP) is 3.14. The summed E-state index contributed by atoms with van der Waals surface area (Å²) in [5, 5.41) is 4.49. The lowest BCUT2D eigenvalue weighted by Gasteiger charge is -2.07. The van der Waals surface area contributed by atoms with Gasteiger partial charge >= 0.3 is 5.97 Å². The smallest absolute Gasteiger partial charge is 0.338 e. The van der Waals surface area contributed by atoms with Gasteiger partial charge in [-0.2, -0.15) is 5.10 Å². The van der Waals surface area contributed by atoms with Gasteiger partial charge < -0.3 is 4.74 Å². The fourth-order valence-corrected chi connectivity index (χ4v) is 1.95. The van der Waals surface area contributed by atoms with Gasteiger partial charge in [0.1, 0.15) is 6.61 Å². The first-order valence-electron chi connectivity index (χ1n) is 6.46. The third-order valence-electron chi connectivity index (χ3n) is 3.31. The van der Waals surface area contributed by atoms with E-state index < -0.39 is 0 Å². The van der Waals surface area contributed by atoms with Gasteiger partial charge in [-0.05, 0) is 44.5 Å². The molecule has 0 aliphatic rings. The molecule has 0 radical (unpaired) electrons. The maximum absolute atomic E-state index is 11.8. The highest BCUT2D eigenvalue weighted by Crippen LogP contribution is 2.18. The van der Waals surface area contributed by atoms with Gasteiger partial charge in [0.2, 0.25) is 0 Å². The van der Waals surface area contributed by atoms with E-state index in [-0.39, 0.29) is 12.6 Å². The van der Waals surface area contributed by atoms with Gasteiger partial charge in [0.05, 0.1) is 16.9 Å². The third kappa shape index (κ3) is 2.64. The van der Waals surface area contributed by atoms with Crippen LogP contribution >= 0.6 is 0 Å². The van der Waals surface area contributed by atoms with E-state index in [0.717, 1.165) is 22.6 Å². The van der Waals surface area contributed by atoms with E-state index in [2.05, 4.69) is 11.7 Å². The molecule has 0 aliphatic carbocycles. The van der Waals surface area contributed by atoms with Crippen LogP contribution in [0.25, 0.3) is 5.69 Å². The molecule has 4 nitrogen and oxygen atoms in total. The van der Waals surface area contributed by atoms with Gasteiger partial charge in [0.25, 0.3) is 0 Å². The third-order valence-corrected chi connectivity index (χ3v) is 3.31. The van der Waals surface area contributed by atoms with Crippen LogP contribution in [0.2, 0.25) is 0 Å². The Morgan fingerprint density at radius 2 is 2.15 bits per heavy atom. The summed E-state index contributed by atoms with van der Waals surface area (Å²) in [5.41, 5.74) is 4.58. The fourth-order valence-electron chi connectivity index (χ4n) is 1.95. The van der Waals surface area contributed by atoms with Crippen LogP contribution in [0.15, 0.2) is 36.9 Å². The largest absolute Gasteiger partial charge is 0.458 e. The molecule has 4 heteroatoms. The summed E-state index contributed by atoms with van der Waals surface area (Å²) in [5.74, 6) is -0.356. The standard InChI is InChI=1S/C16H18N2O2/c1-5-9-20-16(19)14-7-6-8-15(10-14)18-13(4)11(2)12(3)17-18/h5-8,10H,1,9H2,2-4H3. The van der Waals surface area contributed by atoms with Crippen LogP contribution in [0.1, 0.15) is 27.3 Å². The summed E-state index contributed by atoms with van der Waals surface area (Å²) >= 11 is 0. The molecule has 1 aromatic heterocycles. The van der Waals surface area contributed by atoms with E-state index in [9.17, 15) is 4.79 Å². The molecule has 0 N–H and O–H groups in total. The van der Waals surface area contributed by atoms with Crippen molar-refractivity contribution in [3.05, 3.63) is 59.4 Å². The second-order valence-electron chi connectivity index (χ2n) is 4.65. The zero-order chi connectivity index (χ0) is 14.7. The van der Waals surface area contributed by atoms with Crippen molar-refractivity contribution < 1.29 is 9.53 Å². The average Bonchev–Trinajstić information content (AvgIpc) is 2.72. The molecule has 0 atom stereocenters. The fraction of sp³-hybridized carbons (Fsp3) is 0.250. The number of carbonyl (C=O) groups is 1. The van der Waals surface area contributed by atoms with Gasteiger partial charge in [-0.25, -0.2) is 9.48 Å². The quantitative estimate of drug-likeness (QED) is 0.633. The van der Waals surface area contributed by atoms with Crippen molar-refractivity contribution in [3.8, 4) is 5.69 Å². The zero-order valence-electron chi connectivity index (χ0n) is 12.0. The summed E-state index contributed by atoms with van der Waals surface area (Å²) < 4.78 is 6.88. The molecule has 0 aliphatic heterocycles. The molecule has 0 fully saturated rings. The summed E-state index contributed by atoms with van der Waals surface area (Å²) in [6, 6.07) is 7.26. The molecular weight excluding hydrogens is 252 g/mol. The second-order valence-corrected chi connectivity index (χ2v) is 4.65. The molecule has 2 aromatic rings. The van der Waals surface area contributed by atoms with Crippen LogP contribution in [0.4, 0.5) is 0 Å². The van der Waals surface area contributed by atoms with Crippen molar-refractivity contribution in [1.29, 1.82) is 0 Å². The van der Waals surface area contributed by atoms with Crippen LogP contribution < -0.4 is 0 Å². The Kier molecular flexibility index (Phi) is 4.03. The Balaban J connectivity index is 2.36. The van der Waals surface area contributed by atoms with Crippen molar-refractivity contribution in [1.82, 2.24) is 9.78 Å². The Morgan fingerprint density at radius 1 is 1.40 bits per heavy atom.